The molecule has 16 heavy (non-hydrogen) atoms. The Balaban J connectivity index is 2.63. The van der Waals surface area contributed by atoms with E-state index in [0.717, 1.165) is 19.3 Å². The van der Waals surface area contributed by atoms with Crippen LogP contribution in [0.25, 0.3) is 0 Å². The lowest BCUT2D eigenvalue weighted by Crippen LogP contribution is -2.11. The molecule has 0 spiro atoms. The third kappa shape index (κ3) is 3.23. The molecule has 0 saturated carbocycles. The molecule has 1 heterocycles. The van der Waals surface area contributed by atoms with Gasteiger partial charge in [-0.05, 0) is 6.42 Å². The van der Waals surface area contributed by atoms with Crippen LogP contribution in [0, 0.1) is 0 Å². The lowest BCUT2D eigenvalue weighted by molar-refractivity contribution is 0.274. The molecule has 6 heteroatoms. The predicted octanol–water partition coefficient (Wildman–Crippen LogP) is 1.34. The number of hydrogen-bond acceptors (Lipinski definition) is 6. The number of unbranched alkanes of at least 4 members (excludes halogenated alkanes) is 2. The zero-order chi connectivity index (χ0) is 11.8. The fraction of sp³-hybridized carbons (Fsp3) is 0.600. The van der Waals surface area contributed by atoms with Crippen LogP contribution in [0.4, 0.5) is 5.82 Å². The van der Waals surface area contributed by atoms with Gasteiger partial charge in [-0.25, -0.2) is 10.8 Å². The summed E-state index contributed by atoms with van der Waals surface area (Å²) in [5.41, 5.74) is 2.43. The highest BCUT2D eigenvalue weighted by atomic mass is 16.5. The zero-order valence-electron chi connectivity index (χ0n) is 9.69. The quantitative estimate of drug-likeness (QED) is 0.415. The maximum Gasteiger partial charge on any atom is 0.262 e. The van der Waals surface area contributed by atoms with E-state index in [1.807, 2.05) is 0 Å². The Morgan fingerprint density at radius 3 is 2.81 bits per heavy atom. The van der Waals surface area contributed by atoms with Gasteiger partial charge in [-0.1, -0.05) is 19.8 Å². The predicted molar refractivity (Wildman–Crippen MR) is 61.4 cm³/mol. The third-order valence-corrected chi connectivity index (χ3v) is 2.10. The van der Waals surface area contributed by atoms with E-state index >= 15 is 0 Å². The Bertz CT molecular complexity index is 320. The molecule has 0 fully saturated rings. The Labute approximate surface area is 95.1 Å². The monoisotopic (exact) mass is 226 g/mol. The first-order chi connectivity index (χ1) is 7.83. The van der Waals surface area contributed by atoms with Gasteiger partial charge in [-0.3, -0.25) is 0 Å². The van der Waals surface area contributed by atoms with Gasteiger partial charge >= 0.3 is 0 Å². The highest BCUT2D eigenvalue weighted by molar-refractivity contribution is 5.54. The van der Waals surface area contributed by atoms with E-state index in [9.17, 15) is 0 Å². The van der Waals surface area contributed by atoms with Crippen molar-refractivity contribution in [3.63, 3.8) is 0 Å². The van der Waals surface area contributed by atoms with E-state index in [1.54, 1.807) is 0 Å². The maximum absolute atomic E-state index is 5.50. The van der Waals surface area contributed by atoms with Crippen LogP contribution >= 0.6 is 0 Å². The van der Waals surface area contributed by atoms with Gasteiger partial charge < -0.3 is 14.9 Å². The number of aromatic nitrogens is 2. The van der Waals surface area contributed by atoms with Crippen LogP contribution in [0.1, 0.15) is 26.2 Å². The molecule has 0 saturated heterocycles. The third-order valence-electron chi connectivity index (χ3n) is 2.10. The topological polar surface area (TPSA) is 82.3 Å². The second-order valence-electron chi connectivity index (χ2n) is 3.26. The van der Waals surface area contributed by atoms with Gasteiger partial charge in [-0.2, -0.15) is 4.98 Å². The second kappa shape index (κ2) is 6.84. The van der Waals surface area contributed by atoms with Crippen molar-refractivity contribution in [2.24, 2.45) is 5.84 Å². The Morgan fingerprint density at radius 1 is 1.38 bits per heavy atom. The minimum absolute atomic E-state index is 0.418. The second-order valence-corrected chi connectivity index (χ2v) is 3.26. The molecule has 6 nitrogen and oxygen atoms in total. The van der Waals surface area contributed by atoms with Crippen molar-refractivity contribution in [1.29, 1.82) is 0 Å². The average molecular weight is 226 g/mol. The van der Waals surface area contributed by atoms with Gasteiger partial charge in [0.05, 0.1) is 13.7 Å². The molecular weight excluding hydrogens is 208 g/mol. The number of methoxy groups -OCH3 is 1. The molecule has 0 atom stereocenters. The molecule has 0 bridgehead atoms. The summed E-state index contributed by atoms with van der Waals surface area (Å²) in [4.78, 5) is 7.92. The van der Waals surface area contributed by atoms with Gasteiger partial charge in [0.25, 0.3) is 5.88 Å². The number of nitrogen functional groups attached to an aromatic ring is 1. The van der Waals surface area contributed by atoms with Gasteiger partial charge in [0.15, 0.2) is 5.82 Å². The summed E-state index contributed by atoms with van der Waals surface area (Å²) in [5.74, 6) is 6.57. The van der Waals surface area contributed by atoms with E-state index in [-0.39, 0.29) is 0 Å². The van der Waals surface area contributed by atoms with Gasteiger partial charge in [0.1, 0.15) is 6.33 Å². The number of rotatable bonds is 7. The van der Waals surface area contributed by atoms with Crippen molar-refractivity contribution >= 4 is 5.82 Å². The van der Waals surface area contributed by atoms with Gasteiger partial charge in [0.2, 0.25) is 5.75 Å². The summed E-state index contributed by atoms with van der Waals surface area (Å²) in [7, 11) is 1.53. The smallest absolute Gasteiger partial charge is 0.262 e. The first-order valence-corrected chi connectivity index (χ1v) is 5.31. The molecule has 3 N–H and O–H groups in total. The minimum Gasteiger partial charge on any atom is -0.489 e. The summed E-state index contributed by atoms with van der Waals surface area (Å²) in [6.07, 6.45) is 4.66. The van der Waals surface area contributed by atoms with Crippen LogP contribution in [0.3, 0.4) is 0 Å². The minimum atomic E-state index is 0.418. The highest BCUT2D eigenvalue weighted by Gasteiger charge is 2.11. The SMILES string of the molecule is CCCCCOc1ncnc(NN)c1OC. The van der Waals surface area contributed by atoms with Crippen LogP contribution < -0.4 is 20.7 Å². The number of nitrogens with one attached hydrogen (secondary N) is 1. The summed E-state index contributed by atoms with van der Waals surface area (Å²) in [6, 6.07) is 0. The number of hydrogen-bond donors (Lipinski definition) is 2. The summed E-state index contributed by atoms with van der Waals surface area (Å²) in [6.45, 7) is 2.76. The van der Waals surface area contributed by atoms with Gasteiger partial charge in [0, 0.05) is 0 Å². The molecule has 0 amide bonds. The lowest BCUT2D eigenvalue weighted by atomic mass is 10.3. The summed E-state index contributed by atoms with van der Waals surface area (Å²) < 4.78 is 10.6. The first kappa shape index (κ1) is 12.5. The van der Waals surface area contributed by atoms with Crippen molar-refractivity contribution in [1.82, 2.24) is 9.97 Å². The molecule has 0 aliphatic rings. The molecule has 0 aliphatic heterocycles. The van der Waals surface area contributed by atoms with E-state index in [0.29, 0.717) is 24.1 Å². The van der Waals surface area contributed by atoms with E-state index in [1.165, 1.54) is 13.4 Å². The average Bonchev–Trinajstić information content (AvgIpc) is 2.34. The molecule has 1 rings (SSSR count). The molecule has 90 valence electrons. The van der Waals surface area contributed by atoms with Gasteiger partial charge in [-0.15, -0.1) is 0 Å². The van der Waals surface area contributed by atoms with E-state index in [4.69, 9.17) is 15.3 Å². The maximum atomic E-state index is 5.50. The van der Waals surface area contributed by atoms with Crippen LogP contribution in [0.5, 0.6) is 11.6 Å². The lowest BCUT2D eigenvalue weighted by Gasteiger charge is -2.11. The van der Waals surface area contributed by atoms with Crippen molar-refractivity contribution < 1.29 is 9.47 Å². The molecule has 0 aromatic carbocycles. The van der Waals surface area contributed by atoms with Crippen LogP contribution in [0.2, 0.25) is 0 Å². The summed E-state index contributed by atoms with van der Waals surface area (Å²) in [5, 5.41) is 0. The molecule has 0 aliphatic carbocycles. The van der Waals surface area contributed by atoms with Crippen LogP contribution in [-0.2, 0) is 0 Å². The van der Waals surface area contributed by atoms with E-state index < -0.39 is 0 Å². The first-order valence-electron chi connectivity index (χ1n) is 5.31. The molecule has 1 aromatic rings. The summed E-state index contributed by atoms with van der Waals surface area (Å²) >= 11 is 0. The van der Waals surface area contributed by atoms with Crippen molar-refractivity contribution in [3.05, 3.63) is 6.33 Å². The molecule has 0 radical (unpaired) electrons. The van der Waals surface area contributed by atoms with Crippen molar-refractivity contribution in [2.75, 3.05) is 19.1 Å². The zero-order valence-corrected chi connectivity index (χ0v) is 9.69. The number of nitrogens with two attached hydrogens (primary N) is 1. The van der Waals surface area contributed by atoms with Crippen molar-refractivity contribution in [2.45, 2.75) is 26.2 Å². The standard InChI is InChI=1S/C10H18N4O2/c1-3-4-5-6-16-10-8(15-2)9(14-11)12-7-13-10/h7H,3-6,11H2,1-2H3,(H,12,13,14). The Kier molecular flexibility index (Phi) is 5.35. The van der Waals surface area contributed by atoms with Crippen LogP contribution in [0.15, 0.2) is 6.33 Å². The highest BCUT2D eigenvalue weighted by Crippen LogP contribution is 2.30. The van der Waals surface area contributed by atoms with Crippen molar-refractivity contribution in [3.8, 4) is 11.6 Å². The number of anilines is 1. The Hall–Kier alpha value is -1.56. The molecule has 1 aromatic heterocycles. The molecule has 0 unspecified atom stereocenters. The fourth-order valence-electron chi connectivity index (χ4n) is 1.27. The number of hydrazine groups is 1. The normalized spacial score (nSPS) is 9.94. The fourth-order valence-corrected chi connectivity index (χ4v) is 1.27. The largest absolute Gasteiger partial charge is 0.489 e. The Morgan fingerprint density at radius 2 is 2.19 bits per heavy atom. The van der Waals surface area contributed by atoms with Crippen LogP contribution in [-0.4, -0.2) is 23.7 Å². The number of nitrogens with zero attached hydrogens (tertiary/aromatic N) is 2. The number of ether oxygens (including phenoxy) is 2. The van der Waals surface area contributed by atoms with E-state index in [2.05, 4.69) is 22.3 Å². The molecular formula is C10H18N4O2.